The third kappa shape index (κ3) is 8.12. The van der Waals surface area contributed by atoms with Crippen molar-refractivity contribution in [3.63, 3.8) is 0 Å². The van der Waals surface area contributed by atoms with Crippen LogP contribution in [0.1, 0.15) is 119 Å². The lowest BCUT2D eigenvalue weighted by Crippen LogP contribution is -2.31. The minimum Gasteiger partial charge on any atom is -0.303 e. The molecule has 0 saturated heterocycles. The molecule has 0 radical (unpaired) electrons. The van der Waals surface area contributed by atoms with E-state index in [-0.39, 0.29) is 23.7 Å². The summed E-state index contributed by atoms with van der Waals surface area (Å²) in [4.78, 5) is 26.9. The molecule has 1 N–H and O–H groups in total. The molecule has 8 rings (SSSR count). The maximum absolute atomic E-state index is 12.4. The highest BCUT2D eigenvalue weighted by Crippen LogP contribution is 2.44. The highest BCUT2D eigenvalue weighted by molar-refractivity contribution is 9.09. The van der Waals surface area contributed by atoms with Crippen LogP contribution in [0.25, 0.3) is 0 Å². The van der Waals surface area contributed by atoms with E-state index in [0.717, 1.165) is 48.7 Å². The van der Waals surface area contributed by atoms with Crippen LogP contribution in [0.3, 0.4) is 0 Å². The van der Waals surface area contributed by atoms with E-state index in [0.29, 0.717) is 31.8 Å². The van der Waals surface area contributed by atoms with Crippen LogP contribution >= 0.6 is 15.9 Å². The van der Waals surface area contributed by atoms with E-state index >= 15 is 0 Å². The van der Waals surface area contributed by atoms with Gasteiger partial charge >= 0.3 is 0 Å². The van der Waals surface area contributed by atoms with Crippen molar-refractivity contribution < 1.29 is 11.0 Å². The van der Waals surface area contributed by atoms with Crippen molar-refractivity contribution in [3.05, 3.63) is 167 Å². The summed E-state index contributed by atoms with van der Waals surface area (Å²) in [7, 11) is 0. The van der Waals surface area contributed by atoms with Crippen molar-refractivity contribution in [3.8, 4) is 0 Å². The smallest absolute Gasteiger partial charge is 0.165 e. The summed E-state index contributed by atoms with van der Waals surface area (Å²) in [5.74, 6) is 0.537. The first kappa shape index (κ1) is 34.9. The SMILES string of the molecule is C=CCBr.C=CCN(C1CCc2ccccc21)C1CC(=O)c2ccccc21.O=C1CC(NC2CCc3ccccc32)c2ccccc21.[2H]CC. The topological polar surface area (TPSA) is 49.4 Å². The second kappa shape index (κ2) is 17.7. The van der Waals surface area contributed by atoms with Gasteiger partial charge in [-0.1, -0.05) is 139 Å². The molecule has 0 spiro atoms. The number of rotatable bonds is 7. The van der Waals surface area contributed by atoms with Gasteiger partial charge in [0.15, 0.2) is 11.6 Å². The van der Waals surface area contributed by atoms with Gasteiger partial charge in [0.2, 0.25) is 0 Å². The maximum Gasteiger partial charge on any atom is 0.165 e. The predicted molar refractivity (Wildman–Crippen MR) is 207 cm³/mol. The molecule has 4 aromatic carbocycles. The molecule has 4 atom stereocenters. The Hall–Kier alpha value is -3.90. The van der Waals surface area contributed by atoms with Crippen molar-refractivity contribution in [2.24, 2.45) is 0 Å². The molecule has 0 fully saturated rings. The van der Waals surface area contributed by atoms with Crippen molar-refractivity contribution in [2.45, 2.75) is 76.5 Å². The maximum atomic E-state index is 12.4. The molecule has 0 heterocycles. The zero-order chi connectivity index (χ0) is 35.5. The van der Waals surface area contributed by atoms with E-state index in [2.05, 4.69) is 100.0 Å². The lowest BCUT2D eigenvalue weighted by atomic mass is 10.0. The summed E-state index contributed by atoms with van der Waals surface area (Å²) in [5, 5.41) is 4.60. The lowest BCUT2D eigenvalue weighted by molar-refractivity contribution is 0.0924. The second-order valence-corrected chi connectivity index (χ2v) is 13.3. The average molecular weight is 719 g/mol. The Kier molecular flexibility index (Phi) is 12.6. The van der Waals surface area contributed by atoms with Gasteiger partial charge in [-0.25, -0.2) is 0 Å². The third-order valence-electron chi connectivity index (χ3n) is 9.91. The Bertz CT molecular complexity index is 1790. The van der Waals surface area contributed by atoms with Crippen molar-refractivity contribution in [1.82, 2.24) is 10.2 Å². The number of halogens is 1. The first-order chi connectivity index (χ1) is 24.4. The summed E-state index contributed by atoms with van der Waals surface area (Å²) < 4.78 is 6.21. The second-order valence-electron chi connectivity index (χ2n) is 12.6. The van der Waals surface area contributed by atoms with Gasteiger partial charge in [0.05, 0.1) is 0 Å². The molecular weight excluding hydrogens is 668 g/mol. The number of alkyl halides is 1. The van der Waals surface area contributed by atoms with Gasteiger partial charge in [0, 0.05) is 61.4 Å². The van der Waals surface area contributed by atoms with Crippen LogP contribution in [0.5, 0.6) is 0 Å². The number of carbonyl (C=O) groups excluding carboxylic acids is 2. The van der Waals surface area contributed by atoms with E-state index in [4.69, 9.17) is 1.37 Å². The van der Waals surface area contributed by atoms with Crippen LogP contribution in [0.15, 0.2) is 122 Å². The Morgan fingerprint density at radius 1 is 0.714 bits per heavy atom. The molecule has 4 unspecified atom stereocenters. The van der Waals surface area contributed by atoms with Crippen LogP contribution in [-0.2, 0) is 12.8 Å². The molecule has 0 amide bonds. The molecule has 0 aromatic heterocycles. The van der Waals surface area contributed by atoms with E-state index in [1.807, 2.05) is 42.5 Å². The number of fused-ring (bicyclic) bond motifs is 4. The standard InChI is InChI=1S/C21H21NO.C18H17NO.C3H5Br.C2H6/c1-2-13-22(19-12-11-15-7-3-4-8-16(15)19)20-14-21(23)18-10-6-5-9-17(18)20;20-18-11-17(14-7-3-4-8-15(14)18)19-16-10-9-12-5-1-2-6-13(12)16;1-2-3-4;1-2/h2-10,19-20H,1,11-14H2;1-8,16-17,19H,9-11H2;2H,1,3H2;1-2H3/i;;;1D. The molecule has 0 aliphatic heterocycles. The monoisotopic (exact) mass is 717 g/mol. The number of nitrogens with one attached hydrogen (secondary N) is 1. The molecular formula is C44H49BrN2O2. The summed E-state index contributed by atoms with van der Waals surface area (Å²) in [6, 6.07) is 34.5. The first-order valence-corrected chi connectivity index (χ1v) is 18.6. The first-order valence-electron chi connectivity index (χ1n) is 18.1. The van der Waals surface area contributed by atoms with E-state index in [1.54, 1.807) is 13.0 Å². The van der Waals surface area contributed by atoms with Crippen LogP contribution < -0.4 is 5.32 Å². The summed E-state index contributed by atoms with van der Waals surface area (Å²) in [5.41, 5.74) is 9.88. The summed E-state index contributed by atoms with van der Waals surface area (Å²) >= 11 is 3.13. The van der Waals surface area contributed by atoms with Gasteiger partial charge in [-0.15, -0.1) is 13.2 Å². The number of benzene rings is 4. The van der Waals surface area contributed by atoms with Crippen molar-refractivity contribution in [2.75, 3.05) is 11.9 Å². The zero-order valence-electron chi connectivity index (χ0n) is 29.6. The molecule has 0 bridgehead atoms. The number of Topliss-reactive ketones (excluding diaryl/α,β-unsaturated/α-hetero) is 2. The molecule has 0 saturated carbocycles. The van der Waals surface area contributed by atoms with Crippen LogP contribution in [-0.4, -0.2) is 28.3 Å². The van der Waals surface area contributed by atoms with Crippen molar-refractivity contribution >= 4 is 27.5 Å². The predicted octanol–water partition coefficient (Wildman–Crippen LogP) is 10.7. The molecule has 4 nitrogen and oxygen atoms in total. The number of hydrogen-bond donors (Lipinski definition) is 1. The molecule has 5 heteroatoms. The summed E-state index contributed by atoms with van der Waals surface area (Å²) in [6.07, 6.45) is 9.45. The minimum atomic E-state index is 0.174. The number of allylic oxidation sites excluding steroid dienone is 1. The van der Waals surface area contributed by atoms with Gasteiger partial charge in [-0.3, -0.25) is 14.5 Å². The fraction of sp³-hybridized carbons (Fsp3) is 0.318. The number of carbonyl (C=O) groups is 2. The van der Waals surface area contributed by atoms with Gasteiger partial charge in [0.1, 0.15) is 0 Å². The number of aryl methyl sites for hydroxylation is 2. The van der Waals surface area contributed by atoms with Gasteiger partial charge in [0.25, 0.3) is 0 Å². The molecule has 4 aromatic rings. The molecule has 4 aliphatic carbocycles. The quantitative estimate of drug-likeness (QED) is 0.153. The van der Waals surface area contributed by atoms with Crippen LogP contribution in [0.4, 0.5) is 0 Å². The van der Waals surface area contributed by atoms with Gasteiger partial charge in [-0.05, 0) is 59.1 Å². The highest BCUT2D eigenvalue weighted by atomic mass is 79.9. The Morgan fingerprint density at radius 3 is 1.88 bits per heavy atom. The fourth-order valence-electron chi connectivity index (χ4n) is 7.81. The normalized spacial score (nSPS) is 21.0. The highest BCUT2D eigenvalue weighted by Gasteiger charge is 2.38. The average Bonchev–Trinajstić information content (AvgIpc) is 3.93. The summed E-state index contributed by atoms with van der Waals surface area (Å²) in [6.45, 7) is 10.5. The zero-order valence-corrected chi connectivity index (χ0v) is 30.2. The number of hydrogen-bond acceptors (Lipinski definition) is 4. The van der Waals surface area contributed by atoms with Gasteiger partial charge < -0.3 is 5.32 Å². The third-order valence-corrected chi connectivity index (χ3v) is 10.4. The van der Waals surface area contributed by atoms with Gasteiger partial charge in [-0.2, -0.15) is 0 Å². The molecule has 49 heavy (non-hydrogen) atoms. The Morgan fingerprint density at radius 2 is 1.22 bits per heavy atom. The Balaban J connectivity index is 0.000000165. The van der Waals surface area contributed by atoms with Crippen molar-refractivity contribution in [1.29, 1.82) is 0 Å². The molecule has 254 valence electrons. The Labute approximate surface area is 302 Å². The minimum absolute atomic E-state index is 0.174. The fourth-order valence-corrected chi connectivity index (χ4v) is 7.81. The van der Waals surface area contributed by atoms with E-state index < -0.39 is 0 Å². The lowest BCUT2D eigenvalue weighted by Gasteiger charge is -2.34. The van der Waals surface area contributed by atoms with Crippen LogP contribution in [0.2, 0.25) is 0 Å². The largest absolute Gasteiger partial charge is 0.303 e. The van der Waals surface area contributed by atoms with E-state index in [9.17, 15) is 9.59 Å². The van der Waals surface area contributed by atoms with E-state index in [1.165, 1.54) is 33.4 Å². The van der Waals surface area contributed by atoms with Crippen LogP contribution in [0, 0.1) is 0 Å². The number of nitrogens with zero attached hydrogens (tertiary/aromatic N) is 1. The molecule has 4 aliphatic rings. The number of ketones is 2.